The molecule has 1 rings (SSSR count). The van der Waals surface area contributed by atoms with Crippen LogP contribution in [-0.2, 0) is 0 Å². The second-order valence-corrected chi connectivity index (χ2v) is 0.962. The first-order valence-electron chi connectivity index (χ1n) is 1.67. The first kappa shape index (κ1) is 6.27. The predicted octanol–water partition coefficient (Wildman–Crippen LogP) is 1.02. The quantitative estimate of drug-likeness (QED) is 0.487. The minimum absolute atomic E-state index is 0. The third-order valence-corrected chi connectivity index (χ3v) is 0.556. The van der Waals surface area contributed by atoms with Gasteiger partial charge in [0.15, 0.2) is 0 Å². The van der Waals surface area contributed by atoms with Gasteiger partial charge in [-0.3, -0.25) is 0 Å². The maximum atomic E-state index is 2.00. The molecule has 28 valence electrons. The van der Waals surface area contributed by atoms with E-state index in [0.717, 1.165) is 0 Å². The van der Waals surface area contributed by atoms with Gasteiger partial charge >= 0.3 is 27.3 Å². The van der Waals surface area contributed by atoms with Crippen molar-refractivity contribution in [3.8, 4) is 0 Å². The van der Waals surface area contributed by atoms with E-state index < -0.39 is 0 Å². The second-order valence-electron chi connectivity index (χ2n) is 0.962. The third kappa shape index (κ3) is 1.65. The van der Waals surface area contributed by atoms with Gasteiger partial charge in [0, 0.05) is 0 Å². The molecule has 0 aromatic heterocycles. The Bertz CT molecular complexity index is 60.4. The summed E-state index contributed by atoms with van der Waals surface area (Å²) >= 11 is 0. The maximum Gasteiger partial charge on any atom is 1.00 e. The average molecular weight is 269 g/mol. The molecule has 0 saturated heterocycles. The Labute approximate surface area is 57.7 Å². The summed E-state index contributed by atoms with van der Waals surface area (Å²) in [5, 5.41) is 0. The summed E-state index contributed by atoms with van der Waals surface area (Å²) < 4.78 is 0. The van der Waals surface area contributed by atoms with Gasteiger partial charge in [-0.05, 0) is 0 Å². The molecule has 1 aromatic carbocycles. The van der Waals surface area contributed by atoms with E-state index in [1.807, 2.05) is 30.3 Å². The van der Waals surface area contributed by atoms with Gasteiger partial charge in [-0.1, -0.05) is 0 Å². The molecule has 0 fully saturated rings. The zero-order chi connectivity index (χ0) is 3.54. The molecule has 6 heavy (non-hydrogen) atoms. The molecule has 0 nitrogen and oxygen atoms in total. The standard InChI is InChI=1S/C5H5.Tl/c1-2-4-5-3-1;/h1-5H;/q-1;+1. The van der Waals surface area contributed by atoms with Crippen molar-refractivity contribution in [1.82, 2.24) is 0 Å². The van der Waals surface area contributed by atoms with Crippen molar-refractivity contribution in [2.24, 2.45) is 0 Å². The first-order valence-corrected chi connectivity index (χ1v) is 1.67. The first-order chi connectivity index (χ1) is 2.50. The van der Waals surface area contributed by atoms with Gasteiger partial charge in [-0.15, -0.1) is 0 Å². The number of hydrogen-bond donors (Lipinski definition) is 0. The van der Waals surface area contributed by atoms with Gasteiger partial charge in [0.1, 0.15) is 0 Å². The Kier molecular flexibility index (Phi) is 3.62. The third-order valence-electron chi connectivity index (χ3n) is 0.556. The Morgan fingerprint density at radius 2 is 1.50 bits per heavy atom. The van der Waals surface area contributed by atoms with Crippen LogP contribution in [0.25, 0.3) is 0 Å². The Balaban J connectivity index is 0.000000250. The monoisotopic (exact) mass is 270 g/mol. The van der Waals surface area contributed by atoms with Crippen molar-refractivity contribution in [3.05, 3.63) is 30.3 Å². The van der Waals surface area contributed by atoms with E-state index in [4.69, 9.17) is 0 Å². The fourth-order valence-electron chi connectivity index (χ4n) is 0.321. The van der Waals surface area contributed by atoms with Gasteiger partial charge in [0.25, 0.3) is 0 Å². The van der Waals surface area contributed by atoms with Crippen LogP contribution in [-0.4, -0.2) is 27.3 Å². The van der Waals surface area contributed by atoms with Crippen molar-refractivity contribution < 1.29 is 0 Å². The van der Waals surface area contributed by atoms with E-state index >= 15 is 0 Å². The minimum atomic E-state index is 0. The molecule has 1 aromatic rings. The molecule has 0 heterocycles. The molecule has 0 aliphatic carbocycles. The number of hydrogen-bond acceptors (Lipinski definition) is 0. The fraction of sp³-hybridized carbons (Fsp3) is 0. The molecular formula is C5H5Tl. The number of rotatable bonds is 0. The van der Waals surface area contributed by atoms with Crippen molar-refractivity contribution in [2.45, 2.75) is 0 Å². The molecule has 0 bridgehead atoms. The summed E-state index contributed by atoms with van der Waals surface area (Å²) in [7, 11) is 0. The zero-order valence-corrected chi connectivity index (χ0v) is 7.95. The van der Waals surface area contributed by atoms with Gasteiger partial charge < -0.3 is 0 Å². The van der Waals surface area contributed by atoms with Crippen molar-refractivity contribution in [3.63, 3.8) is 0 Å². The molecule has 0 saturated carbocycles. The second kappa shape index (κ2) is 3.46. The SMILES string of the molecule is [Tl+].c1cc[cH-]c1. The summed E-state index contributed by atoms with van der Waals surface area (Å²) in [5.74, 6) is 0. The molecule has 0 aliphatic rings. The molecule has 0 unspecified atom stereocenters. The minimum Gasteiger partial charge on any atom is -0.214 e. The van der Waals surface area contributed by atoms with Crippen LogP contribution in [0.3, 0.4) is 0 Å². The van der Waals surface area contributed by atoms with E-state index in [1.165, 1.54) is 0 Å². The van der Waals surface area contributed by atoms with Gasteiger partial charge in [0.2, 0.25) is 0 Å². The predicted molar refractivity (Wildman–Crippen MR) is 27.8 cm³/mol. The molecule has 0 radical (unpaired) electrons. The molecule has 0 N–H and O–H groups in total. The Morgan fingerprint density at radius 1 is 1.00 bits per heavy atom. The van der Waals surface area contributed by atoms with Crippen LogP contribution in [0.1, 0.15) is 0 Å². The van der Waals surface area contributed by atoms with E-state index in [2.05, 4.69) is 0 Å². The fourth-order valence-corrected chi connectivity index (χ4v) is 0.321. The van der Waals surface area contributed by atoms with Crippen LogP contribution in [0.5, 0.6) is 0 Å². The van der Waals surface area contributed by atoms with Crippen molar-refractivity contribution >= 4 is 27.3 Å². The van der Waals surface area contributed by atoms with Crippen molar-refractivity contribution in [1.29, 1.82) is 0 Å². The molecule has 0 aliphatic heterocycles. The molecule has 0 atom stereocenters. The maximum absolute atomic E-state index is 2.00. The van der Waals surface area contributed by atoms with Gasteiger partial charge in [-0.25, -0.2) is 12.1 Å². The zero-order valence-electron chi connectivity index (χ0n) is 3.46. The van der Waals surface area contributed by atoms with Crippen LogP contribution >= 0.6 is 0 Å². The van der Waals surface area contributed by atoms with Crippen LogP contribution in [0.4, 0.5) is 0 Å². The van der Waals surface area contributed by atoms with E-state index in [9.17, 15) is 0 Å². The topological polar surface area (TPSA) is 0 Å². The Hall–Kier alpha value is 0.272. The summed E-state index contributed by atoms with van der Waals surface area (Å²) in [6.07, 6.45) is 0. The van der Waals surface area contributed by atoms with Gasteiger partial charge in [-0.2, -0.15) is 18.2 Å². The normalized spacial score (nSPS) is 6.67. The van der Waals surface area contributed by atoms with Crippen molar-refractivity contribution in [2.75, 3.05) is 0 Å². The summed E-state index contributed by atoms with van der Waals surface area (Å²) in [4.78, 5) is 0. The summed E-state index contributed by atoms with van der Waals surface area (Å²) in [5.41, 5.74) is 0. The van der Waals surface area contributed by atoms with Crippen LogP contribution < -0.4 is 0 Å². The molecular weight excluding hydrogens is 264 g/mol. The average Bonchev–Trinajstić information content (AvgIpc) is 1.76. The van der Waals surface area contributed by atoms with Gasteiger partial charge in [0.05, 0.1) is 0 Å². The van der Waals surface area contributed by atoms with E-state index in [-0.39, 0.29) is 27.3 Å². The largest absolute Gasteiger partial charge is 1.00 e. The molecule has 0 spiro atoms. The van der Waals surface area contributed by atoms with Crippen LogP contribution in [0.15, 0.2) is 30.3 Å². The van der Waals surface area contributed by atoms with E-state index in [1.54, 1.807) is 0 Å². The summed E-state index contributed by atoms with van der Waals surface area (Å²) in [6.45, 7) is 0. The summed E-state index contributed by atoms with van der Waals surface area (Å²) in [6, 6.07) is 10.0. The molecule has 0 amide bonds. The van der Waals surface area contributed by atoms with Crippen LogP contribution in [0, 0.1) is 0 Å². The van der Waals surface area contributed by atoms with E-state index in [0.29, 0.717) is 0 Å². The molecule has 1 heteroatoms. The smallest absolute Gasteiger partial charge is 0.214 e. The Morgan fingerprint density at radius 3 is 1.67 bits per heavy atom. The van der Waals surface area contributed by atoms with Crippen LogP contribution in [0.2, 0.25) is 0 Å².